The van der Waals surface area contributed by atoms with E-state index in [9.17, 15) is 0 Å². The Labute approximate surface area is 247 Å². The Kier molecular flexibility index (Phi) is 5.58. The van der Waals surface area contributed by atoms with Gasteiger partial charge in [0, 0.05) is 64.8 Å². The van der Waals surface area contributed by atoms with E-state index in [0.29, 0.717) is 12.1 Å². The maximum absolute atomic E-state index is 2.54. The van der Waals surface area contributed by atoms with Crippen LogP contribution in [0.25, 0.3) is 63.8 Å². The standard InChI is InChI=1S/C38H42N2S/c1-21(2)39-31-13-11-23(37(5,6)7)15-25(31)27-19-35-29(17-33(27)39)30-18-34-28(20-36(30)41-35)26-16-24(38(8,9)10)12-14-32(26)40(34)22(3)4/h11-22H,1-10H3. The lowest BCUT2D eigenvalue weighted by molar-refractivity contribution is 0.590. The van der Waals surface area contributed by atoms with Crippen LogP contribution in [0.4, 0.5) is 0 Å². The Morgan fingerprint density at radius 1 is 0.463 bits per heavy atom. The van der Waals surface area contributed by atoms with Gasteiger partial charge >= 0.3 is 0 Å². The molecule has 0 saturated carbocycles. The average Bonchev–Trinajstić information content (AvgIpc) is 3.50. The smallest absolute Gasteiger partial charge is 0.0501 e. The Morgan fingerprint density at radius 2 is 0.829 bits per heavy atom. The van der Waals surface area contributed by atoms with Gasteiger partial charge in [0.1, 0.15) is 0 Å². The summed E-state index contributed by atoms with van der Waals surface area (Å²) < 4.78 is 7.83. The summed E-state index contributed by atoms with van der Waals surface area (Å²) in [5.41, 5.74) is 8.37. The Bertz CT molecular complexity index is 2010. The number of rotatable bonds is 2. The fourth-order valence-corrected chi connectivity index (χ4v) is 8.05. The third kappa shape index (κ3) is 3.88. The lowest BCUT2D eigenvalue weighted by Gasteiger charge is -2.19. The quantitative estimate of drug-likeness (QED) is 0.200. The maximum atomic E-state index is 2.54. The molecule has 41 heavy (non-hydrogen) atoms. The maximum Gasteiger partial charge on any atom is 0.0501 e. The largest absolute Gasteiger partial charge is 0.338 e. The molecule has 0 aliphatic rings. The molecular weight excluding hydrogens is 516 g/mol. The van der Waals surface area contributed by atoms with E-state index in [0.717, 1.165) is 0 Å². The number of hydrogen-bond donors (Lipinski definition) is 0. The van der Waals surface area contributed by atoms with Crippen LogP contribution in [0, 0.1) is 0 Å². The minimum absolute atomic E-state index is 0.119. The van der Waals surface area contributed by atoms with E-state index in [1.54, 1.807) is 0 Å². The minimum atomic E-state index is 0.119. The predicted molar refractivity (Wildman–Crippen MR) is 184 cm³/mol. The lowest BCUT2D eigenvalue weighted by Crippen LogP contribution is -2.10. The van der Waals surface area contributed by atoms with E-state index in [-0.39, 0.29) is 10.8 Å². The van der Waals surface area contributed by atoms with Crippen LogP contribution in [-0.4, -0.2) is 9.13 Å². The summed E-state index contributed by atoms with van der Waals surface area (Å²) in [6.07, 6.45) is 0. The summed E-state index contributed by atoms with van der Waals surface area (Å²) in [5.74, 6) is 0. The number of thiophene rings is 1. The monoisotopic (exact) mass is 558 g/mol. The third-order valence-electron chi connectivity index (χ3n) is 9.08. The Balaban J connectivity index is 1.58. The van der Waals surface area contributed by atoms with Gasteiger partial charge in [0.05, 0.1) is 11.0 Å². The molecule has 0 spiro atoms. The van der Waals surface area contributed by atoms with Crippen LogP contribution < -0.4 is 0 Å². The molecule has 0 bridgehead atoms. The zero-order valence-electron chi connectivity index (χ0n) is 26.2. The molecule has 0 aliphatic heterocycles. The van der Waals surface area contributed by atoms with Crippen LogP contribution in [0.5, 0.6) is 0 Å². The molecule has 210 valence electrons. The van der Waals surface area contributed by atoms with Crippen LogP contribution >= 0.6 is 11.3 Å². The van der Waals surface area contributed by atoms with Crippen molar-refractivity contribution < 1.29 is 0 Å². The van der Waals surface area contributed by atoms with E-state index in [2.05, 4.69) is 139 Å². The molecule has 2 nitrogen and oxygen atoms in total. The highest BCUT2D eigenvalue weighted by molar-refractivity contribution is 7.26. The highest BCUT2D eigenvalue weighted by Gasteiger charge is 2.22. The molecule has 3 heterocycles. The Morgan fingerprint density at radius 3 is 1.17 bits per heavy atom. The molecule has 0 N–H and O–H groups in total. The zero-order chi connectivity index (χ0) is 29.2. The fourth-order valence-electron chi connectivity index (χ4n) is 6.90. The van der Waals surface area contributed by atoms with E-state index in [1.165, 1.54) is 74.9 Å². The highest BCUT2D eigenvalue weighted by Crippen LogP contribution is 2.44. The summed E-state index contributed by atoms with van der Waals surface area (Å²) in [4.78, 5) is 0. The van der Waals surface area contributed by atoms with Crippen LogP contribution in [0.1, 0.15) is 92.4 Å². The van der Waals surface area contributed by atoms with Gasteiger partial charge in [-0.1, -0.05) is 53.7 Å². The fraction of sp³-hybridized carbons (Fsp3) is 0.368. The predicted octanol–water partition coefficient (Wildman–Crippen LogP) is 12.0. The minimum Gasteiger partial charge on any atom is -0.338 e. The van der Waals surface area contributed by atoms with Gasteiger partial charge in [-0.3, -0.25) is 0 Å². The third-order valence-corrected chi connectivity index (χ3v) is 10.2. The molecule has 0 aliphatic carbocycles. The van der Waals surface area contributed by atoms with Gasteiger partial charge in [-0.15, -0.1) is 11.3 Å². The molecule has 7 rings (SSSR count). The molecular formula is C38H42N2S. The van der Waals surface area contributed by atoms with Gasteiger partial charge in [-0.25, -0.2) is 0 Å². The summed E-state index contributed by atoms with van der Waals surface area (Å²) in [7, 11) is 0. The summed E-state index contributed by atoms with van der Waals surface area (Å²) in [6.45, 7) is 23.1. The normalized spacial score (nSPS) is 13.6. The molecule has 0 atom stereocenters. The molecule has 4 aromatic carbocycles. The van der Waals surface area contributed by atoms with E-state index >= 15 is 0 Å². The van der Waals surface area contributed by atoms with Crippen LogP contribution in [0.15, 0.2) is 60.7 Å². The number of fused-ring (bicyclic) bond motifs is 9. The summed E-state index contributed by atoms with van der Waals surface area (Å²) >= 11 is 1.94. The van der Waals surface area contributed by atoms with Gasteiger partial charge in [0.2, 0.25) is 0 Å². The lowest BCUT2D eigenvalue weighted by atomic mass is 9.86. The second kappa shape index (κ2) is 8.61. The molecule has 0 amide bonds. The first kappa shape index (κ1) is 26.6. The van der Waals surface area contributed by atoms with E-state index in [4.69, 9.17) is 0 Å². The molecule has 7 aromatic rings. The Hall–Kier alpha value is -3.30. The average molecular weight is 559 g/mol. The van der Waals surface area contributed by atoms with Crippen molar-refractivity contribution in [3.8, 4) is 0 Å². The van der Waals surface area contributed by atoms with Crippen molar-refractivity contribution in [3.05, 3.63) is 71.8 Å². The first-order chi connectivity index (χ1) is 19.2. The number of hydrogen-bond acceptors (Lipinski definition) is 1. The topological polar surface area (TPSA) is 9.86 Å². The molecule has 0 radical (unpaired) electrons. The van der Waals surface area contributed by atoms with Crippen LogP contribution in [-0.2, 0) is 10.8 Å². The number of benzene rings is 4. The van der Waals surface area contributed by atoms with Gasteiger partial charge in [0.15, 0.2) is 0 Å². The van der Waals surface area contributed by atoms with Gasteiger partial charge in [-0.05, 0) is 98.2 Å². The van der Waals surface area contributed by atoms with Gasteiger partial charge in [-0.2, -0.15) is 0 Å². The highest BCUT2D eigenvalue weighted by atomic mass is 32.1. The summed E-state index contributed by atoms with van der Waals surface area (Å²) in [6, 6.07) is 24.9. The van der Waals surface area contributed by atoms with Crippen molar-refractivity contribution in [2.45, 2.75) is 92.2 Å². The van der Waals surface area contributed by atoms with E-state index < -0.39 is 0 Å². The number of nitrogens with zero attached hydrogens (tertiary/aromatic N) is 2. The van der Waals surface area contributed by atoms with Crippen LogP contribution in [0.3, 0.4) is 0 Å². The first-order valence-corrected chi connectivity index (χ1v) is 16.0. The number of aromatic nitrogens is 2. The molecule has 0 fully saturated rings. The SMILES string of the molecule is CC(C)n1c2ccc(C(C)(C)C)cc2c2cc3sc4cc5c6cc(C(C)(C)C)ccc6n(C(C)C)c5cc4c3cc21. The first-order valence-electron chi connectivity index (χ1n) is 15.2. The van der Waals surface area contributed by atoms with Crippen molar-refractivity contribution in [2.24, 2.45) is 0 Å². The second-order valence-corrected chi connectivity index (χ2v) is 15.8. The van der Waals surface area contributed by atoms with Gasteiger partial charge in [0.25, 0.3) is 0 Å². The summed E-state index contributed by atoms with van der Waals surface area (Å²) in [5, 5.41) is 8.23. The molecule has 0 saturated heterocycles. The van der Waals surface area contributed by atoms with Crippen molar-refractivity contribution in [1.29, 1.82) is 0 Å². The van der Waals surface area contributed by atoms with Gasteiger partial charge < -0.3 is 9.13 Å². The van der Waals surface area contributed by atoms with E-state index in [1.807, 2.05) is 11.3 Å². The molecule has 3 aromatic heterocycles. The second-order valence-electron chi connectivity index (χ2n) is 14.7. The van der Waals surface area contributed by atoms with Crippen molar-refractivity contribution in [1.82, 2.24) is 9.13 Å². The van der Waals surface area contributed by atoms with Crippen molar-refractivity contribution in [3.63, 3.8) is 0 Å². The molecule has 3 heteroatoms. The van der Waals surface area contributed by atoms with Crippen molar-refractivity contribution >= 4 is 75.1 Å². The van der Waals surface area contributed by atoms with Crippen LogP contribution in [0.2, 0.25) is 0 Å². The zero-order valence-corrected chi connectivity index (χ0v) is 27.0. The van der Waals surface area contributed by atoms with Crippen molar-refractivity contribution in [2.75, 3.05) is 0 Å². The molecule has 0 unspecified atom stereocenters.